The van der Waals surface area contributed by atoms with Gasteiger partial charge in [0, 0.05) is 7.11 Å². The number of carbonyl (C=O) groups excluding carboxylic acids is 1. The van der Waals surface area contributed by atoms with E-state index in [1.165, 1.54) is 0 Å². The molecule has 0 aliphatic carbocycles. The van der Waals surface area contributed by atoms with Crippen LogP contribution in [-0.2, 0) is 13.6 Å². The van der Waals surface area contributed by atoms with E-state index in [2.05, 4.69) is 39.2 Å². The number of hydrogen-bond acceptors (Lipinski definition) is 4. The van der Waals surface area contributed by atoms with E-state index in [-0.39, 0.29) is 5.97 Å². The summed E-state index contributed by atoms with van der Waals surface area (Å²) in [5.74, 6) is -0.0783. The molecule has 120 valence electrons. The Bertz CT molecular complexity index is 273. The minimum atomic E-state index is -1.79. The lowest BCUT2D eigenvalue weighted by Crippen LogP contribution is -2.41. The highest BCUT2D eigenvalue weighted by atomic mass is 28.4. The highest BCUT2D eigenvalue weighted by molar-refractivity contribution is 6.75. The maximum absolute atomic E-state index is 11.9. The molecule has 0 heterocycles. The third-order valence-electron chi connectivity index (χ3n) is 4.22. The first-order valence-electron chi connectivity index (χ1n) is 7.82. The van der Waals surface area contributed by atoms with Crippen LogP contribution in [0.2, 0.25) is 37.3 Å². The van der Waals surface area contributed by atoms with Crippen LogP contribution in [-0.4, -0.2) is 42.8 Å². The van der Waals surface area contributed by atoms with Gasteiger partial charge in [0.2, 0.25) is 0 Å². The number of hydrogen-bond donors (Lipinski definition) is 1. The zero-order valence-electron chi connectivity index (χ0n) is 14.2. The first-order chi connectivity index (χ1) is 9.34. The lowest BCUT2D eigenvalue weighted by Gasteiger charge is -2.27. The average molecular weight is 320 g/mol. The molecule has 0 aliphatic rings. The van der Waals surface area contributed by atoms with Crippen LogP contribution < -0.4 is 5.32 Å². The fraction of sp³-hybridized carbons (Fsp3) is 0.929. The zero-order valence-corrected chi connectivity index (χ0v) is 16.2. The van der Waals surface area contributed by atoms with E-state index in [0.717, 1.165) is 37.1 Å². The van der Waals surface area contributed by atoms with Gasteiger partial charge in [0.05, 0.1) is 6.54 Å². The SMILES string of the molecule is CC[Si](CC)(CC)OC(=O)CNCCC[Si](C)(C)OC. The lowest BCUT2D eigenvalue weighted by atomic mass is 10.5. The van der Waals surface area contributed by atoms with Crippen molar-refractivity contribution in [2.45, 2.75) is 64.5 Å². The minimum absolute atomic E-state index is 0.0783. The van der Waals surface area contributed by atoms with Crippen molar-refractivity contribution in [1.29, 1.82) is 0 Å². The van der Waals surface area contributed by atoms with Crippen molar-refractivity contribution < 1.29 is 13.6 Å². The Balaban J connectivity index is 3.89. The van der Waals surface area contributed by atoms with E-state index in [9.17, 15) is 4.79 Å². The molecule has 0 atom stereocenters. The van der Waals surface area contributed by atoms with Crippen molar-refractivity contribution in [3.63, 3.8) is 0 Å². The minimum Gasteiger partial charge on any atom is -0.518 e. The van der Waals surface area contributed by atoms with E-state index in [1.807, 2.05) is 0 Å². The van der Waals surface area contributed by atoms with Crippen LogP contribution in [0.3, 0.4) is 0 Å². The zero-order chi connectivity index (χ0) is 15.6. The van der Waals surface area contributed by atoms with E-state index < -0.39 is 16.6 Å². The molecule has 0 saturated heterocycles. The summed E-state index contributed by atoms with van der Waals surface area (Å²) in [5, 5.41) is 3.19. The smallest absolute Gasteiger partial charge is 0.306 e. The molecular formula is C14H33NO3Si2. The van der Waals surface area contributed by atoms with E-state index >= 15 is 0 Å². The molecule has 0 aromatic heterocycles. The van der Waals surface area contributed by atoms with Crippen LogP contribution in [0.5, 0.6) is 0 Å². The second-order valence-corrected chi connectivity index (χ2v) is 15.1. The van der Waals surface area contributed by atoms with Crippen LogP contribution in [0.15, 0.2) is 0 Å². The predicted octanol–water partition coefficient (Wildman–Crippen LogP) is 3.37. The molecule has 0 bridgehead atoms. The molecule has 0 aliphatic heterocycles. The van der Waals surface area contributed by atoms with E-state index in [4.69, 9.17) is 8.85 Å². The molecule has 20 heavy (non-hydrogen) atoms. The Labute approximate surface area is 126 Å². The highest BCUT2D eigenvalue weighted by Gasteiger charge is 2.32. The third kappa shape index (κ3) is 7.56. The van der Waals surface area contributed by atoms with Gasteiger partial charge in [-0.05, 0) is 50.2 Å². The van der Waals surface area contributed by atoms with Gasteiger partial charge in [-0.25, -0.2) is 0 Å². The first-order valence-corrected chi connectivity index (χ1v) is 13.5. The molecule has 1 N–H and O–H groups in total. The molecular weight excluding hydrogens is 286 g/mol. The number of rotatable bonds is 11. The molecule has 0 radical (unpaired) electrons. The van der Waals surface area contributed by atoms with Gasteiger partial charge < -0.3 is 14.2 Å². The topological polar surface area (TPSA) is 47.6 Å². The van der Waals surface area contributed by atoms with E-state index in [1.54, 1.807) is 7.11 Å². The third-order valence-corrected chi connectivity index (χ3v) is 11.4. The van der Waals surface area contributed by atoms with Gasteiger partial charge in [-0.15, -0.1) is 0 Å². The van der Waals surface area contributed by atoms with Gasteiger partial charge in [-0.1, -0.05) is 20.8 Å². The van der Waals surface area contributed by atoms with Crippen molar-refractivity contribution >= 4 is 22.6 Å². The monoisotopic (exact) mass is 319 g/mol. The maximum Gasteiger partial charge on any atom is 0.306 e. The Kier molecular flexibility index (Phi) is 9.62. The van der Waals surface area contributed by atoms with Crippen molar-refractivity contribution in [2.75, 3.05) is 20.2 Å². The van der Waals surface area contributed by atoms with Crippen molar-refractivity contribution in [2.24, 2.45) is 0 Å². The number of carbonyl (C=O) groups is 1. The molecule has 0 aromatic carbocycles. The highest BCUT2D eigenvalue weighted by Crippen LogP contribution is 2.21. The molecule has 4 nitrogen and oxygen atoms in total. The van der Waals surface area contributed by atoms with Crippen LogP contribution in [0.1, 0.15) is 27.2 Å². The fourth-order valence-electron chi connectivity index (χ4n) is 2.18. The van der Waals surface area contributed by atoms with E-state index in [0.29, 0.717) is 6.54 Å². The van der Waals surface area contributed by atoms with Crippen LogP contribution in [0, 0.1) is 0 Å². The van der Waals surface area contributed by atoms with Gasteiger partial charge >= 0.3 is 5.97 Å². The van der Waals surface area contributed by atoms with Crippen molar-refractivity contribution in [3.8, 4) is 0 Å². The molecule has 0 aromatic rings. The molecule has 0 fully saturated rings. The number of nitrogens with one attached hydrogen (secondary N) is 1. The molecule has 0 rings (SSSR count). The Morgan fingerprint density at radius 1 is 1.10 bits per heavy atom. The summed E-state index contributed by atoms with van der Waals surface area (Å²) in [4.78, 5) is 11.9. The van der Waals surface area contributed by atoms with Crippen LogP contribution in [0.25, 0.3) is 0 Å². The molecule has 0 unspecified atom stereocenters. The van der Waals surface area contributed by atoms with Gasteiger partial charge in [-0.2, -0.15) is 0 Å². The largest absolute Gasteiger partial charge is 0.518 e. The second kappa shape index (κ2) is 9.70. The summed E-state index contributed by atoms with van der Waals surface area (Å²) in [7, 11) is -1.45. The van der Waals surface area contributed by atoms with Crippen molar-refractivity contribution in [1.82, 2.24) is 5.32 Å². The van der Waals surface area contributed by atoms with Gasteiger partial charge in [0.15, 0.2) is 8.32 Å². The van der Waals surface area contributed by atoms with Crippen molar-refractivity contribution in [3.05, 3.63) is 0 Å². The quantitative estimate of drug-likeness (QED) is 0.468. The summed E-state index contributed by atoms with van der Waals surface area (Å²) in [6, 6.07) is 4.15. The molecule has 0 spiro atoms. The first kappa shape index (κ1) is 19.8. The Hall–Kier alpha value is -0.176. The van der Waals surface area contributed by atoms with Gasteiger partial charge in [0.1, 0.15) is 0 Å². The summed E-state index contributed by atoms with van der Waals surface area (Å²) >= 11 is 0. The summed E-state index contributed by atoms with van der Waals surface area (Å²) in [6.07, 6.45) is 1.05. The second-order valence-electron chi connectivity index (χ2n) is 5.96. The van der Waals surface area contributed by atoms with Gasteiger partial charge in [-0.3, -0.25) is 4.79 Å². The van der Waals surface area contributed by atoms with Crippen LogP contribution in [0.4, 0.5) is 0 Å². The standard InChI is InChI=1S/C14H33NO3Si2/c1-7-20(8-2,9-3)18-14(16)13-15-11-10-12-19(5,6)17-4/h15H,7-13H2,1-6H3. The Morgan fingerprint density at radius 3 is 2.10 bits per heavy atom. The average Bonchev–Trinajstić information content (AvgIpc) is 2.44. The summed E-state index contributed by atoms with van der Waals surface area (Å²) in [6.45, 7) is 12.0. The lowest BCUT2D eigenvalue weighted by molar-refractivity contribution is -0.134. The van der Waals surface area contributed by atoms with Crippen LogP contribution >= 0.6 is 0 Å². The molecule has 0 saturated carbocycles. The Morgan fingerprint density at radius 2 is 1.65 bits per heavy atom. The fourth-order valence-corrected chi connectivity index (χ4v) is 5.90. The van der Waals surface area contributed by atoms with Gasteiger partial charge in [0.25, 0.3) is 8.32 Å². The molecule has 6 heteroatoms. The molecule has 0 amide bonds. The summed E-state index contributed by atoms with van der Waals surface area (Å²) in [5.41, 5.74) is 0. The maximum atomic E-state index is 11.9. The normalized spacial score (nSPS) is 12.5. The predicted molar refractivity (Wildman–Crippen MR) is 90.1 cm³/mol. The summed E-state index contributed by atoms with van der Waals surface area (Å²) < 4.78 is 11.3.